The van der Waals surface area contributed by atoms with Crippen molar-refractivity contribution >= 4 is 17.0 Å². The molecule has 4 rings (SSSR count). The number of carboxylic acid groups (broad SMARTS) is 1. The van der Waals surface area contributed by atoms with Gasteiger partial charge in [0, 0.05) is 6.04 Å². The lowest BCUT2D eigenvalue weighted by atomic mass is 9.87. The van der Waals surface area contributed by atoms with E-state index in [9.17, 15) is 19.5 Å². The Bertz CT molecular complexity index is 1220. The third-order valence-electron chi connectivity index (χ3n) is 5.45. The first-order valence-corrected chi connectivity index (χ1v) is 8.91. The van der Waals surface area contributed by atoms with Gasteiger partial charge in [-0.2, -0.15) is 0 Å². The van der Waals surface area contributed by atoms with Crippen molar-refractivity contribution in [2.24, 2.45) is 0 Å². The fourth-order valence-corrected chi connectivity index (χ4v) is 4.21. The van der Waals surface area contributed by atoms with E-state index in [0.29, 0.717) is 28.6 Å². The topological polar surface area (TPSA) is 92.2 Å². The number of aromatic amines is 1. The van der Waals surface area contributed by atoms with E-state index in [4.69, 9.17) is 0 Å². The van der Waals surface area contributed by atoms with Crippen LogP contribution >= 0.6 is 0 Å². The number of hydrogen-bond donors (Lipinski definition) is 2. The predicted molar refractivity (Wildman–Crippen MR) is 103 cm³/mol. The quantitative estimate of drug-likeness (QED) is 0.699. The number of benzene rings is 2. The van der Waals surface area contributed by atoms with E-state index in [1.54, 1.807) is 4.57 Å². The number of aliphatic carboxylic acids is 1. The SMILES string of the molecule is Cc1ccc(-c2c(CC(=O)O)c(C)c3[nH]c(=O)c(=O)n4c3c2CC4C)cc1. The van der Waals surface area contributed by atoms with Crippen molar-refractivity contribution in [1.82, 2.24) is 9.55 Å². The van der Waals surface area contributed by atoms with Crippen molar-refractivity contribution in [3.05, 3.63) is 67.2 Å². The van der Waals surface area contributed by atoms with Crippen LogP contribution in [0.4, 0.5) is 0 Å². The molecule has 0 saturated heterocycles. The predicted octanol–water partition coefficient (Wildman–Crippen LogP) is 2.72. The Morgan fingerprint density at radius 3 is 2.52 bits per heavy atom. The maximum Gasteiger partial charge on any atom is 0.316 e. The summed E-state index contributed by atoms with van der Waals surface area (Å²) in [5.74, 6) is -0.931. The molecule has 0 fully saturated rings. The lowest BCUT2D eigenvalue weighted by molar-refractivity contribution is -0.136. The van der Waals surface area contributed by atoms with Crippen molar-refractivity contribution in [2.45, 2.75) is 39.7 Å². The molecule has 0 amide bonds. The molecule has 1 aliphatic rings. The fourth-order valence-electron chi connectivity index (χ4n) is 4.21. The van der Waals surface area contributed by atoms with E-state index in [1.165, 1.54) is 0 Å². The van der Waals surface area contributed by atoms with Crippen molar-refractivity contribution in [3.8, 4) is 11.1 Å². The van der Waals surface area contributed by atoms with E-state index < -0.39 is 17.1 Å². The van der Waals surface area contributed by atoms with Gasteiger partial charge in [-0.1, -0.05) is 29.8 Å². The summed E-state index contributed by atoms with van der Waals surface area (Å²) in [5, 5.41) is 9.48. The molecule has 3 aromatic rings. The molecule has 2 heterocycles. The normalized spacial score (nSPS) is 15.4. The van der Waals surface area contributed by atoms with E-state index in [1.807, 2.05) is 45.0 Å². The van der Waals surface area contributed by atoms with E-state index >= 15 is 0 Å². The highest BCUT2D eigenvalue weighted by molar-refractivity contribution is 5.94. The zero-order chi connectivity index (χ0) is 19.5. The number of aromatic nitrogens is 2. The van der Waals surface area contributed by atoms with Crippen LogP contribution in [0.1, 0.15) is 35.2 Å². The zero-order valence-electron chi connectivity index (χ0n) is 15.4. The van der Waals surface area contributed by atoms with Gasteiger partial charge >= 0.3 is 17.1 Å². The van der Waals surface area contributed by atoms with Gasteiger partial charge in [0.25, 0.3) is 0 Å². The van der Waals surface area contributed by atoms with Crippen LogP contribution in [0, 0.1) is 13.8 Å². The van der Waals surface area contributed by atoms with Gasteiger partial charge in [0.1, 0.15) is 0 Å². The van der Waals surface area contributed by atoms with E-state index in [0.717, 1.165) is 22.3 Å². The number of carbonyl (C=O) groups is 1. The van der Waals surface area contributed by atoms with Crippen LogP contribution in [0.5, 0.6) is 0 Å². The van der Waals surface area contributed by atoms with Gasteiger partial charge in [0.2, 0.25) is 0 Å². The molecular weight excluding hydrogens is 344 g/mol. The summed E-state index contributed by atoms with van der Waals surface area (Å²) in [5.41, 5.74) is 5.27. The number of carboxylic acids is 1. The molecule has 27 heavy (non-hydrogen) atoms. The molecule has 0 spiro atoms. The van der Waals surface area contributed by atoms with E-state index in [2.05, 4.69) is 4.98 Å². The van der Waals surface area contributed by atoms with Crippen LogP contribution in [-0.2, 0) is 17.6 Å². The van der Waals surface area contributed by atoms with Crippen LogP contribution in [0.25, 0.3) is 22.2 Å². The van der Waals surface area contributed by atoms with Crippen LogP contribution in [0.15, 0.2) is 33.9 Å². The number of aryl methyl sites for hydroxylation is 2. The molecular formula is C21H20N2O4. The van der Waals surface area contributed by atoms with Crippen LogP contribution in [-0.4, -0.2) is 20.6 Å². The molecule has 6 heteroatoms. The molecule has 0 saturated carbocycles. The molecule has 2 N–H and O–H groups in total. The molecule has 6 nitrogen and oxygen atoms in total. The Balaban J connectivity index is 2.21. The molecule has 1 atom stereocenters. The number of H-pyrrole nitrogens is 1. The second kappa shape index (κ2) is 5.94. The smallest absolute Gasteiger partial charge is 0.316 e. The summed E-state index contributed by atoms with van der Waals surface area (Å²) in [6, 6.07) is 7.79. The van der Waals surface area contributed by atoms with Gasteiger partial charge in [-0.15, -0.1) is 0 Å². The minimum Gasteiger partial charge on any atom is -0.481 e. The van der Waals surface area contributed by atoms with Crippen molar-refractivity contribution in [1.29, 1.82) is 0 Å². The van der Waals surface area contributed by atoms with Gasteiger partial charge in [-0.3, -0.25) is 19.0 Å². The summed E-state index contributed by atoms with van der Waals surface area (Å²) in [4.78, 5) is 38.9. The van der Waals surface area contributed by atoms with Crippen molar-refractivity contribution in [3.63, 3.8) is 0 Å². The monoisotopic (exact) mass is 364 g/mol. The van der Waals surface area contributed by atoms with Gasteiger partial charge in [-0.25, -0.2) is 0 Å². The first kappa shape index (κ1) is 17.3. The van der Waals surface area contributed by atoms with Gasteiger partial charge < -0.3 is 10.1 Å². The molecule has 138 valence electrons. The van der Waals surface area contributed by atoms with Gasteiger partial charge in [-0.05, 0) is 55.0 Å². The molecule has 0 radical (unpaired) electrons. The maximum absolute atomic E-state index is 12.4. The molecule has 0 bridgehead atoms. The maximum atomic E-state index is 12.4. The summed E-state index contributed by atoms with van der Waals surface area (Å²) >= 11 is 0. The molecule has 0 aliphatic carbocycles. The Hall–Kier alpha value is -3.15. The molecule has 1 aliphatic heterocycles. The number of nitrogens with one attached hydrogen (secondary N) is 1. The summed E-state index contributed by atoms with van der Waals surface area (Å²) < 4.78 is 1.55. The lowest BCUT2D eigenvalue weighted by Crippen LogP contribution is -2.36. The highest BCUT2D eigenvalue weighted by atomic mass is 16.4. The second-order valence-corrected chi connectivity index (χ2v) is 7.30. The summed E-state index contributed by atoms with van der Waals surface area (Å²) in [6.45, 7) is 5.71. The number of nitrogens with zero attached hydrogens (tertiary/aromatic N) is 1. The molecule has 1 aromatic heterocycles. The highest BCUT2D eigenvalue weighted by Gasteiger charge is 2.30. The zero-order valence-corrected chi connectivity index (χ0v) is 15.4. The third kappa shape index (κ3) is 2.51. The Kier molecular flexibility index (Phi) is 3.80. The standard InChI is InChI=1S/C21H20N2O4/c1-10-4-6-13(7-5-10)17-14(9-16(24)25)12(3)18-19-15(17)8-11(2)23(19)21(27)20(26)22-18/h4-7,11H,8-9H2,1-3H3,(H,22,26)(H,24,25). The minimum absolute atomic E-state index is 0.145. The first-order valence-electron chi connectivity index (χ1n) is 8.91. The first-order chi connectivity index (χ1) is 12.8. The second-order valence-electron chi connectivity index (χ2n) is 7.30. The Morgan fingerprint density at radius 1 is 1.22 bits per heavy atom. The van der Waals surface area contributed by atoms with Crippen LogP contribution in [0.3, 0.4) is 0 Å². The average molecular weight is 364 g/mol. The Labute approximate surface area is 155 Å². The Morgan fingerprint density at radius 2 is 1.89 bits per heavy atom. The van der Waals surface area contributed by atoms with Crippen molar-refractivity contribution in [2.75, 3.05) is 0 Å². The molecule has 1 unspecified atom stereocenters. The van der Waals surface area contributed by atoms with E-state index in [-0.39, 0.29) is 12.5 Å². The lowest BCUT2D eigenvalue weighted by Gasteiger charge is -2.18. The summed E-state index contributed by atoms with van der Waals surface area (Å²) in [6.07, 6.45) is 0.437. The van der Waals surface area contributed by atoms with Crippen molar-refractivity contribution < 1.29 is 9.90 Å². The molecule has 2 aromatic carbocycles. The van der Waals surface area contributed by atoms with Gasteiger partial charge in [0.15, 0.2) is 0 Å². The van der Waals surface area contributed by atoms with Crippen LogP contribution in [0.2, 0.25) is 0 Å². The summed E-state index contributed by atoms with van der Waals surface area (Å²) in [7, 11) is 0. The minimum atomic E-state index is -0.931. The number of hydrogen-bond acceptors (Lipinski definition) is 3. The number of rotatable bonds is 3. The fraction of sp³-hybridized carbons (Fsp3) is 0.286. The largest absolute Gasteiger partial charge is 0.481 e. The van der Waals surface area contributed by atoms with Gasteiger partial charge in [0.05, 0.1) is 17.5 Å². The average Bonchev–Trinajstić information content (AvgIpc) is 2.95. The third-order valence-corrected chi connectivity index (χ3v) is 5.45. The highest BCUT2D eigenvalue weighted by Crippen LogP contribution is 2.41. The van der Waals surface area contributed by atoms with Crippen LogP contribution < -0.4 is 11.1 Å².